The molecule has 328 valence electrons. The third kappa shape index (κ3) is 6.33. The van der Waals surface area contributed by atoms with Crippen LogP contribution < -0.4 is 35.9 Å². The molecule has 0 saturated heterocycles. The van der Waals surface area contributed by atoms with E-state index < -0.39 is 27.9 Å². The second-order valence-electron chi connectivity index (χ2n) is 19.5. The van der Waals surface area contributed by atoms with E-state index in [0.717, 1.165) is 118 Å². The fourth-order valence-corrected chi connectivity index (χ4v) is 19.8. The first-order chi connectivity index (χ1) is 33.7. The van der Waals surface area contributed by atoms with Crippen molar-refractivity contribution in [2.45, 2.75) is 76.2 Å². The molecule has 67 heavy (non-hydrogen) atoms. The van der Waals surface area contributed by atoms with Crippen LogP contribution >= 0.6 is 0 Å². The van der Waals surface area contributed by atoms with Crippen molar-refractivity contribution in [3.05, 3.63) is 193 Å². The van der Waals surface area contributed by atoms with Gasteiger partial charge in [0, 0.05) is 13.9 Å². The van der Waals surface area contributed by atoms with E-state index in [1.807, 2.05) is 18.2 Å². The lowest BCUT2D eigenvalue weighted by atomic mass is 9.89. The molecular formula is C61H54N2O2Si2. The van der Waals surface area contributed by atoms with Crippen molar-refractivity contribution >= 4 is 75.2 Å². The molecule has 2 aromatic heterocycles. The topological polar surface area (TPSA) is 39.7 Å². The SMILES string of the molecule is [2H]C1(c2cc([Si](c3ccccc3)(c3ccccc3)c3ccc(-c4cccc5c4oc4nc6ccccc6n45)c(C4([2H])CCCC4)c3)ccc2-c2cccc3c2Oc2ccccc2[Si]3(C)C)CCCC1. The molecule has 0 radical (unpaired) electrons. The summed E-state index contributed by atoms with van der Waals surface area (Å²) in [6.45, 7) is 4.87. The van der Waals surface area contributed by atoms with Crippen LogP contribution in [-0.2, 0) is 0 Å². The highest BCUT2D eigenvalue weighted by molar-refractivity contribution is 7.20. The lowest BCUT2D eigenvalue weighted by molar-refractivity contribution is 0.488. The van der Waals surface area contributed by atoms with Gasteiger partial charge in [-0.25, -0.2) is 0 Å². The molecule has 10 aromatic rings. The molecule has 8 aromatic carbocycles. The molecule has 0 bridgehead atoms. The highest BCUT2D eigenvalue weighted by Gasteiger charge is 2.44. The van der Waals surface area contributed by atoms with Crippen LogP contribution in [-0.4, -0.2) is 25.5 Å². The number of benzene rings is 8. The molecule has 3 heterocycles. The van der Waals surface area contributed by atoms with E-state index >= 15 is 0 Å². The molecule has 4 nitrogen and oxygen atoms in total. The van der Waals surface area contributed by atoms with E-state index in [0.29, 0.717) is 5.84 Å². The van der Waals surface area contributed by atoms with E-state index in [1.165, 1.54) is 31.1 Å². The summed E-state index contributed by atoms with van der Waals surface area (Å²) in [7, 11) is -5.32. The summed E-state index contributed by atoms with van der Waals surface area (Å²) >= 11 is 0. The van der Waals surface area contributed by atoms with Crippen LogP contribution in [0.1, 0.15) is 77.0 Å². The summed E-state index contributed by atoms with van der Waals surface area (Å²) in [5, 5.41) is 7.65. The Morgan fingerprint density at radius 1 is 0.522 bits per heavy atom. The van der Waals surface area contributed by atoms with Gasteiger partial charge in [0.2, 0.25) is 0 Å². The highest BCUT2D eigenvalue weighted by atomic mass is 28.3. The van der Waals surface area contributed by atoms with Gasteiger partial charge in [0.25, 0.3) is 0 Å². The molecule has 2 saturated carbocycles. The number of aromatic nitrogens is 2. The summed E-state index contributed by atoms with van der Waals surface area (Å²) < 4.78 is 36.7. The maximum Gasteiger partial charge on any atom is 0.307 e. The summed E-state index contributed by atoms with van der Waals surface area (Å²) in [5.41, 5.74) is 10.0. The molecule has 2 aliphatic carbocycles. The third-order valence-corrected chi connectivity index (χ3v) is 23.7. The van der Waals surface area contributed by atoms with Crippen LogP contribution in [0.25, 0.3) is 50.2 Å². The molecule has 0 amide bonds. The lowest BCUT2D eigenvalue weighted by Gasteiger charge is -2.37. The summed E-state index contributed by atoms with van der Waals surface area (Å²) in [6.07, 6.45) is 7.32. The summed E-state index contributed by atoms with van der Waals surface area (Å²) in [5.74, 6) is 0.923. The van der Waals surface area contributed by atoms with Gasteiger partial charge in [-0.3, -0.25) is 4.40 Å². The fourth-order valence-electron chi connectivity index (χ4n) is 12.2. The van der Waals surface area contributed by atoms with Gasteiger partial charge in [-0.05, 0) is 115 Å². The Morgan fingerprint density at radius 3 is 1.73 bits per heavy atom. The predicted molar refractivity (Wildman–Crippen MR) is 283 cm³/mol. The molecule has 2 fully saturated rings. The van der Waals surface area contributed by atoms with E-state index in [9.17, 15) is 2.74 Å². The van der Waals surface area contributed by atoms with Crippen LogP contribution in [0.3, 0.4) is 0 Å². The maximum absolute atomic E-state index is 10.4. The fraction of sp³-hybridized carbons (Fsp3) is 0.197. The zero-order chi connectivity index (χ0) is 46.5. The molecule has 1 aliphatic heterocycles. The second kappa shape index (κ2) is 16.0. The van der Waals surface area contributed by atoms with Crippen LogP contribution in [0.5, 0.6) is 11.5 Å². The average molecular weight is 905 g/mol. The summed E-state index contributed by atoms with van der Waals surface area (Å²) in [4.78, 5) is 4.90. The number of rotatable bonds is 8. The average Bonchev–Trinajstić information content (AvgIpc) is 4.20. The first-order valence-electron chi connectivity index (χ1n) is 25.3. The number of para-hydroxylation sites is 5. The quantitative estimate of drug-likeness (QED) is 0.113. The minimum atomic E-state index is -3.21. The van der Waals surface area contributed by atoms with Gasteiger partial charge in [-0.15, -0.1) is 0 Å². The minimum absolute atomic E-state index is 0.574. The summed E-state index contributed by atoms with van der Waals surface area (Å²) in [6, 6.07) is 66.5. The lowest BCUT2D eigenvalue weighted by Crippen LogP contribution is -2.74. The zero-order valence-electron chi connectivity index (χ0n) is 40.2. The van der Waals surface area contributed by atoms with Crippen molar-refractivity contribution in [1.29, 1.82) is 0 Å². The van der Waals surface area contributed by atoms with Crippen LogP contribution in [0.2, 0.25) is 13.1 Å². The molecule has 13 rings (SSSR count). The van der Waals surface area contributed by atoms with Crippen LogP contribution in [0, 0.1) is 0 Å². The van der Waals surface area contributed by atoms with Crippen LogP contribution in [0.4, 0.5) is 0 Å². The first kappa shape index (κ1) is 38.4. The maximum atomic E-state index is 10.4. The van der Waals surface area contributed by atoms with Crippen molar-refractivity contribution in [3.63, 3.8) is 0 Å². The van der Waals surface area contributed by atoms with E-state index in [-0.39, 0.29) is 0 Å². The molecule has 3 aliphatic rings. The molecule has 0 unspecified atom stereocenters. The van der Waals surface area contributed by atoms with Crippen molar-refractivity contribution in [3.8, 4) is 33.8 Å². The highest BCUT2D eigenvalue weighted by Crippen LogP contribution is 2.45. The zero-order valence-corrected chi connectivity index (χ0v) is 40.2. The van der Waals surface area contributed by atoms with Gasteiger partial charge in [0.1, 0.15) is 19.6 Å². The number of hydrogen-bond acceptors (Lipinski definition) is 3. The second-order valence-corrected chi connectivity index (χ2v) is 27.6. The van der Waals surface area contributed by atoms with Gasteiger partial charge in [-0.1, -0.05) is 197 Å². The standard InChI is InChI=1S/C61H54N2O2Si2/c1-66(2)57-33-16-15-32-56(57)64-60-50(28-18-34-58(60)66)48-38-36-46(40-52(48)42-21-11-12-22-42)67(43-23-5-3-6-24-43,44-25-7-4-8-26-44)45-35-37-47(51(39-45)41-19-9-10-20-41)49-27-17-31-55-59(49)65-61-62-53-29-13-14-30-54(53)63(55)61/h3-8,13-18,23-42H,9-12,19-22H2,1-2H3/i41D,42D. The van der Waals surface area contributed by atoms with Gasteiger partial charge in [0.05, 0.1) is 16.6 Å². The van der Waals surface area contributed by atoms with Crippen molar-refractivity contribution < 1.29 is 11.9 Å². The first-order valence-corrected chi connectivity index (χ1v) is 29.3. The predicted octanol–water partition coefficient (Wildman–Crippen LogP) is 12.2. The third-order valence-electron chi connectivity index (χ3n) is 15.5. The Hall–Kier alpha value is -6.74. The molecule has 0 spiro atoms. The van der Waals surface area contributed by atoms with Gasteiger partial charge >= 0.3 is 5.84 Å². The molecular weight excluding hydrogens is 849 g/mol. The van der Waals surface area contributed by atoms with Gasteiger partial charge in [0.15, 0.2) is 13.7 Å². The molecule has 0 atom stereocenters. The van der Waals surface area contributed by atoms with Crippen molar-refractivity contribution in [2.24, 2.45) is 0 Å². The normalized spacial score (nSPS) is 17.5. The van der Waals surface area contributed by atoms with E-state index in [1.54, 1.807) is 0 Å². The number of ether oxygens (including phenoxy) is 1. The minimum Gasteiger partial charge on any atom is -0.457 e. The Labute approximate surface area is 397 Å². The Bertz CT molecular complexity index is 3590. The van der Waals surface area contributed by atoms with E-state index in [4.69, 9.17) is 14.1 Å². The van der Waals surface area contributed by atoms with E-state index in [2.05, 4.69) is 181 Å². The molecule has 0 N–H and O–H groups in total. The number of hydrogen-bond donors (Lipinski definition) is 0. The monoisotopic (exact) mass is 904 g/mol. The van der Waals surface area contributed by atoms with Crippen molar-refractivity contribution in [2.75, 3.05) is 0 Å². The number of nitrogens with zero attached hydrogens (tertiary/aromatic N) is 2. The van der Waals surface area contributed by atoms with Crippen LogP contribution in [0.15, 0.2) is 186 Å². The van der Waals surface area contributed by atoms with Gasteiger partial charge in [-0.2, -0.15) is 4.98 Å². The largest absolute Gasteiger partial charge is 0.457 e. The number of fused-ring (bicyclic) bond motifs is 7. The molecule has 6 heteroatoms. The number of oxazole rings is 1. The number of imidazole rings is 1. The smallest absolute Gasteiger partial charge is 0.307 e. The Balaban J connectivity index is 1.07. The Morgan fingerprint density at radius 2 is 1.06 bits per heavy atom. The van der Waals surface area contributed by atoms with Gasteiger partial charge < -0.3 is 9.15 Å². The Kier molecular flexibility index (Phi) is 9.14. The van der Waals surface area contributed by atoms with Crippen molar-refractivity contribution in [1.82, 2.24) is 9.38 Å².